The first-order valence-corrected chi connectivity index (χ1v) is 10.4. The Hall–Kier alpha value is -3.73. The molecule has 2 amide bonds. The van der Waals surface area contributed by atoms with Crippen LogP contribution in [-0.4, -0.2) is 35.6 Å². The number of benzene rings is 3. The molecule has 0 fully saturated rings. The second-order valence-electron chi connectivity index (χ2n) is 7.44. The lowest BCUT2D eigenvalue weighted by molar-refractivity contribution is 0.0651. The average molecular weight is 413 g/mol. The van der Waals surface area contributed by atoms with Gasteiger partial charge < -0.3 is 4.74 Å². The van der Waals surface area contributed by atoms with Crippen LogP contribution in [-0.2, 0) is 0 Å². The lowest BCUT2D eigenvalue weighted by atomic mass is 10.0. The zero-order valence-electron chi connectivity index (χ0n) is 17.1. The first kappa shape index (κ1) is 20.5. The molecule has 0 bridgehead atoms. The van der Waals surface area contributed by atoms with E-state index >= 15 is 0 Å². The molecular weight excluding hydrogens is 390 g/mol. The van der Waals surface area contributed by atoms with E-state index in [4.69, 9.17) is 4.74 Å². The molecule has 0 unspecified atom stereocenters. The van der Waals surface area contributed by atoms with Crippen LogP contribution in [0, 0.1) is 0 Å². The quantitative estimate of drug-likeness (QED) is 0.288. The van der Waals surface area contributed by atoms with E-state index in [-0.39, 0.29) is 17.6 Å². The van der Waals surface area contributed by atoms with E-state index in [1.54, 1.807) is 60.7 Å². The van der Waals surface area contributed by atoms with Crippen molar-refractivity contribution in [1.29, 1.82) is 0 Å². The molecule has 5 nitrogen and oxygen atoms in total. The third-order valence-electron chi connectivity index (χ3n) is 5.33. The maximum absolute atomic E-state index is 12.4. The molecule has 0 aromatic heterocycles. The smallest absolute Gasteiger partial charge is 0.261 e. The Balaban J connectivity index is 1.18. The molecule has 0 spiro atoms. The Morgan fingerprint density at radius 2 is 1.26 bits per heavy atom. The number of ether oxygens (including phenoxy) is 1. The summed E-state index contributed by atoms with van der Waals surface area (Å²) in [6, 6.07) is 23.3. The van der Waals surface area contributed by atoms with Crippen LogP contribution in [0.25, 0.3) is 0 Å². The number of fused-ring (bicyclic) bond motifs is 1. The van der Waals surface area contributed by atoms with Crippen molar-refractivity contribution in [3.63, 3.8) is 0 Å². The topological polar surface area (TPSA) is 63.7 Å². The summed E-state index contributed by atoms with van der Waals surface area (Å²) in [5.41, 5.74) is 2.27. The molecule has 156 valence electrons. The van der Waals surface area contributed by atoms with Crippen molar-refractivity contribution in [2.75, 3.05) is 13.2 Å². The standard InChI is InChI=1S/C26H23NO4/c28-24(19-9-3-1-4-10-19)20-13-15-21(16-14-20)31-18-8-2-7-17-27-25(29)22-11-5-6-12-23(22)26(27)30/h1,3-6,9-16H,2,7-8,17-18H2. The van der Waals surface area contributed by atoms with Gasteiger partial charge in [0, 0.05) is 17.7 Å². The van der Waals surface area contributed by atoms with Crippen molar-refractivity contribution in [1.82, 2.24) is 4.90 Å². The van der Waals surface area contributed by atoms with Crippen LogP contribution in [0.1, 0.15) is 55.9 Å². The lowest BCUT2D eigenvalue weighted by Crippen LogP contribution is -2.30. The van der Waals surface area contributed by atoms with Gasteiger partial charge in [-0.1, -0.05) is 42.5 Å². The SMILES string of the molecule is O=C(c1ccccc1)c1ccc(OCCCCCN2C(=O)c3ccccc3C2=O)cc1. The van der Waals surface area contributed by atoms with Crippen LogP contribution >= 0.6 is 0 Å². The second-order valence-corrected chi connectivity index (χ2v) is 7.44. The van der Waals surface area contributed by atoms with Crippen molar-refractivity contribution in [2.45, 2.75) is 19.3 Å². The molecule has 0 atom stereocenters. The molecule has 0 saturated carbocycles. The summed E-state index contributed by atoms with van der Waals surface area (Å²) in [6.45, 7) is 0.955. The molecule has 1 aliphatic heterocycles. The average Bonchev–Trinajstić information content (AvgIpc) is 3.06. The number of imide groups is 1. The van der Waals surface area contributed by atoms with E-state index in [1.165, 1.54) is 4.90 Å². The monoisotopic (exact) mass is 413 g/mol. The van der Waals surface area contributed by atoms with E-state index in [1.807, 2.05) is 18.2 Å². The maximum atomic E-state index is 12.4. The van der Waals surface area contributed by atoms with Gasteiger partial charge in [-0.2, -0.15) is 0 Å². The maximum Gasteiger partial charge on any atom is 0.261 e. The van der Waals surface area contributed by atoms with Gasteiger partial charge in [0.15, 0.2) is 5.78 Å². The Morgan fingerprint density at radius 1 is 0.677 bits per heavy atom. The number of ketones is 1. The third kappa shape index (κ3) is 4.56. The fraction of sp³-hybridized carbons (Fsp3) is 0.192. The Bertz CT molecular complexity index is 1050. The van der Waals surface area contributed by atoms with Gasteiger partial charge in [-0.25, -0.2) is 0 Å². The second kappa shape index (κ2) is 9.39. The predicted octanol–water partition coefficient (Wildman–Crippen LogP) is 4.76. The predicted molar refractivity (Wildman–Crippen MR) is 117 cm³/mol. The molecule has 0 N–H and O–H groups in total. The van der Waals surface area contributed by atoms with Crippen molar-refractivity contribution in [2.24, 2.45) is 0 Å². The van der Waals surface area contributed by atoms with Crippen molar-refractivity contribution < 1.29 is 19.1 Å². The van der Waals surface area contributed by atoms with Crippen molar-refractivity contribution in [3.05, 3.63) is 101 Å². The Morgan fingerprint density at radius 3 is 1.90 bits per heavy atom. The Labute approximate surface area is 181 Å². The van der Waals surface area contributed by atoms with Crippen molar-refractivity contribution >= 4 is 17.6 Å². The van der Waals surface area contributed by atoms with Gasteiger partial charge in [0.1, 0.15) is 5.75 Å². The first-order chi connectivity index (χ1) is 15.1. The summed E-state index contributed by atoms with van der Waals surface area (Å²) in [4.78, 5) is 38.4. The van der Waals surface area contributed by atoms with Gasteiger partial charge in [-0.3, -0.25) is 19.3 Å². The number of hydrogen-bond donors (Lipinski definition) is 0. The molecule has 5 heteroatoms. The molecule has 0 saturated heterocycles. The molecule has 3 aromatic rings. The van der Waals surface area contributed by atoms with Crippen LogP contribution in [0.4, 0.5) is 0 Å². The summed E-state index contributed by atoms with van der Waals surface area (Å²) in [7, 11) is 0. The van der Waals surface area contributed by atoms with E-state index in [2.05, 4.69) is 0 Å². The Kier molecular flexibility index (Phi) is 6.22. The third-order valence-corrected chi connectivity index (χ3v) is 5.33. The van der Waals surface area contributed by atoms with E-state index < -0.39 is 0 Å². The summed E-state index contributed by atoms with van der Waals surface area (Å²) in [5, 5.41) is 0. The number of carbonyl (C=O) groups excluding carboxylic acids is 3. The number of rotatable bonds is 9. The van der Waals surface area contributed by atoms with Crippen LogP contribution in [0.15, 0.2) is 78.9 Å². The normalized spacial score (nSPS) is 12.7. The molecular formula is C26H23NO4. The summed E-state index contributed by atoms with van der Waals surface area (Å²) in [5.74, 6) is 0.286. The first-order valence-electron chi connectivity index (χ1n) is 10.4. The highest BCUT2D eigenvalue weighted by molar-refractivity contribution is 6.21. The van der Waals surface area contributed by atoms with Gasteiger partial charge in [0.2, 0.25) is 0 Å². The zero-order chi connectivity index (χ0) is 21.6. The van der Waals surface area contributed by atoms with Crippen LogP contribution in [0.3, 0.4) is 0 Å². The van der Waals surface area contributed by atoms with Crippen molar-refractivity contribution in [3.8, 4) is 5.75 Å². The fourth-order valence-electron chi connectivity index (χ4n) is 3.64. The van der Waals surface area contributed by atoms with Gasteiger partial charge in [-0.05, 0) is 55.7 Å². The number of carbonyl (C=O) groups is 3. The van der Waals surface area contributed by atoms with Crippen LogP contribution < -0.4 is 4.74 Å². The molecule has 3 aromatic carbocycles. The van der Waals surface area contributed by atoms with E-state index in [0.717, 1.165) is 19.3 Å². The highest BCUT2D eigenvalue weighted by Gasteiger charge is 2.34. The molecule has 1 aliphatic rings. The van der Waals surface area contributed by atoms with Gasteiger partial charge in [-0.15, -0.1) is 0 Å². The largest absolute Gasteiger partial charge is 0.494 e. The van der Waals surface area contributed by atoms with Gasteiger partial charge >= 0.3 is 0 Å². The highest BCUT2D eigenvalue weighted by Crippen LogP contribution is 2.23. The summed E-state index contributed by atoms with van der Waals surface area (Å²) in [6.07, 6.45) is 2.39. The minimum absolute atomic E-state index is 0.0136. The lowest BCUT2D eigenvalue weighted by Gasteiger charge is -2.13. The number of nitrogens with zero attached hydrogens (tertiary/aromatic N) is 1. The highest BCUT2D eigenvalue weighted by atomic mass is 16.5. The minimum Gasteiger partial charge on any atom is -0.494 e. The molecule has 0 radical (unpaired) electrons. The molecule has 31 heavy (non-hydrogen) atoms. The van der Waals surface area contributed by atoms with E-state index in [9.17, 15) is 14.4 Å². The number of amides is 2. The van der Waals surface area contributed by atoms with Gasteiger partial charge in [0.05, 0.1) is 17.7 Å². The fourth-order valence-corrected chi connectivity index (χ4v) is 3.64. The van der Waals surface area contributed by atoms with Gasteiger partial charge in [0.25, 0.3) is 11.8 Å². The number of hydrogen-bond acceptors (Lipinski definition) is 4. The molecule has 4 rings (SSSR count). The number of unbranched alkanes of at least 4 members (excludes halogenated alkanes) is 2. The molecule has 1 heterocycles. The summed E-state index contributed by atoms with van der Waals surface area (Å²) < 4.78 is 5.75. The summed E-state index contributed by atoms with van der Waals surface area (Å²) >= 11 is 0. The zero-order valence-corrected chi connectivity index (χ0v) is 17.1. The van der Waals surface area contributed by atoms with Crippen LogP contribution in [0.5, 0.6) is 5.75 Å². The van der Waals surface area contributed by atoms with E-state index in [0.29, 0.717) is 41.2 Å². The minimum atomic E-state index is -0.206. The molecule has 0 aliphatic carbocycles. The van der Waals surface area contributed by atoms with Crippen LogP contribution in [0.2, 0.25) is 0 Å².